The van der Waals surface area contributed by atoms with Gasteiger partial charge in [-0.3, -0.25) is 9.59 Å². The molecule has 0 aromatic carbocycles. The van der Waals surface area contributed by atoms with Crippen molar-refractivity contribution < 1.29 is 36.6 Å². The minimum atomic E-state index is -5.20. The van der Waals surface area contributed by atoms with Crippen LogP contribution in [0.2, 0.25) is 0 Å². The Hall–Kier alpha value is -2.13. The van der Waals surface area contributed by atoms with Crippen LogP contribution in [0.25, 0.3) is 0 Å². The molecule has 0 saturated carbocycles. The second-order valence-electron chi connectivity index (χ2n) is 3.32. The number of ether oxygens (including phenoxy) is 1. The number of aromatic nitrogens is 1. The minimum absolute atomic E-state index is 0.176. The zero-order chi connectivity index (χ0) is 14.8. The summed E-state index contributed by atoms with van der Waals surface area (Å²) in [6, 6.07) is 0.176. The number of pyridine rings is 1. The lowest BCUT2D eigenvalue weighted by Crippen LogP contribution is -2.23. The van der Waals surface area contributed by atoms with Crippen molar-refractivity contribution in [1.82, 2.24) is 4.98 Å². The van der Waals surface area contributed by atoms with Crippen LogP contribution >= 0.6 is 0 Å². The van der Waals surface area contributed by atoms with Gasteiger partial charge in [0.15, 0.2) is 0 Å². The lowest BCUT2D eigenvalue weighted by atomic mass is 10.2. The molecule has 19 heavy (non-hydrogen) atoms. The van der Waals surface area contributed by atoms with Crippen molar-refractivity contribution in [2.24, 2.45) is 0 Å². The molecule has 0 spiro atoms. The fourth-order valence-electron chi connectivity index (χ4n) is 1.23. The molecule has 0 aliphatic heterocycles. The highest BCUT2D eigenvalue weighted by Crippen LogP contribution is 2.28. The maximum atomic E-state index is 12.4. The highest BCUT2D eigenvalue weighted by atomic mass is 19.4. The molecule has 0 fully saturated rings. The van der Waals surface area contributed by atoms with E-state index in [4.69, 9.17) is 5.11 Å². The van der Waals surface area contributed by atoms with E-state index in [1.165, 1.54) is 0 Å². The van der Waals surface area contributed by atoms with Gasteiger partial charge in [0.2, 0.25) is 0 Å². The molecule has 1 rings (SSSR count). The minimum Gasteiger partial charge on any atom is -0.481 e. The Morgan fingerprint density at radius 3 is 2.42 bits per heavy atom. The zero-order valence-corrected chi connectivity index (χ0v) is 8.92. The van der Waals surface area contributed by atoms with E-state index in [9.17, 15) is 31.5 Å². The molecule has 0 saturated heterocycles. The smallest absolute Gasteiger partial charge is 0.481 e. The second kappa shape index (κ2) is 5.24. The van der Waals surface area contributed by atoms with Crippen LogP contribution < -0.4 is 10.3 Å². The van der Waals surface area contributed by atoms with Crippen molar-refractivity contribution in [1.29, 1.82) is 0 Å². The lowest BCUT2D eigenvalue weighted by molar-refractivity contribution is -0.275. The molecule has 2 N–H and O–H groups in total. The number of H-pyrrole nitrogens is 1. The van der Waals surface area contributed by atoms with Gasteiger partial charge in [-0.1, -0.05) is 0 Å². The predicted octanol–water partition coefficient (Wildman–Crippen LogP) is 1.84. The van der Waals surface area contributed by atoms with E-state index in [1.54, 1.807) is 4.98 Å². The van der Waals surface area contributed by atoms with Crippen LogP contribution in [0.4, 0.5) is 22.0 Å². The van der Waals surface area contributed by atoms with Gasteiger partial charge in [0, 0.05) is 0 Å². The van der Waals surface area contributed by atoms with Gasteiger partial charge in [-0.05, 0) is 6.07 Å². The first-order chi connectivity index (χ1) is 8.60. The summed E-state index contributed by atoms with van der Waals surface area (Å²) in [5, 5.41) is 8.45. The molecule has 10 heteroatoms. The maximum Gasteiger partial charge on any atom is 0.573 e. The van der Waals surface area contributed by atoms with Crippen LogP contribution in [0, 0.1) is 0 Å². The number of halogens is 5. The van der Waals surface area contributed by atoms with E-state index in [0.717, 1.165) is 0 Å². The summed E-state index contributed by atoms with van der Waals surface area (Å²) >= 11 is 0. The summed E-state index contributed by atoms with van der Waals surface area (Å²) in [6.07, 6.45) is -9.53. The van der Waals surface area contributed by atoms with Gasteiger partial charge in [0.25, 0.3) is 12.0 Å². The lowest BCUT2D eigenvalue weighted by Gasteiger charge is -2.13. The topological polar surface area (TPSA) is 79.4 Å². The van der Waals surface area contributed by atoms with E-state index in [-0.39, 0.29) is 6.07 Å². The molecule has 0 aliphatic rings. The number of carboxylic acid groups (broad SMARTS) is 1. The number of nitrogens with one attached hydrogen (secondary N) is 1. The zero-order valence-electron chi connectivity index (χ0n) is 8.92. The highest BCUT2D eigenvalue weighted by molar-refractivity contribution is 5.70. The van der Waals surface area contributed by atoms with E-state index in [1.807, 2.05) is 0 Å². The van der Waals surface area contributed by atoms with Crippen molar-refractivity contribution in [3.8, 4) is 5.75 Å². The largest absolute Gasteiger partial charge is 0.573 e. The van der Waals surface area contributed by atoms with Crippen LogP contribution in [-0.4, -0.2) is 22.4 Å². The summed E-state index contributed by atoms with van der Waals surface area (Å²) in [7, 11) is 0. The van der Waals surface area contributed by atoms with Crippen LogP contribution in [0.1, 0.15) is 17.7 Å². The standard InChI is InChI=1S/C9H6F5NO4/c10-7(11)3-1-5(19-9(12,13)14)4(2-6(16)17)15-8(3)18/h1,7H,2H2,(H,15,18)(H,16,17). The van der Waals surface area contributed by atoms with Crippen molar-refractivity contribution >= 4 is 5.97 Å². The fourth-order valence-corrected chi connectivity index (χ4v) is 1.23. The first-order valence-electron chi connectivity index (χ1n) is 4.62. The third-order valence-corrected chi connectivity index (χ3v) is 1.90. The number of aliphatic carboxylic acids is 1. The van der Waals surface area contributed by atoms with Crippen LogP contribution in [-0.2, 0) is 11.2 Å². The van der Waals surface area contributed by atoms with Gasteiger partial charge in [-0.15, -0.1) is 13.2 Å². The first-order valence-corrected chi connectivity index (χ1v) is 4.62. The van der Waals surface area contributed by atoms with Gasteiger partial charge < -0.3 is 14.8 Å². The van der Waals surface area contributed by atoms with Crippen molar-refractivity contribution in [2.45, 2.75) is 19.2 Å². The summed E-state index contributed by atoms with van der Waals surface area (Å²) < 4.78 is 64.3. The quantitative estimate of drug-likeness (QED) is 0.828. The summed E-state index contributed by atoms with van der Waals surface area (Å²) in [5.41, 5.74) is -3.37. The molecule has 106 valence electrons. The summed E-state index contributed by atoms with van der Waals surface area (Å²) in [6.45, 7) is 0. The van der Waals surface area contributed by atoms with E-state index in [2.05, 4.69) is 4.74 Å². The van der Waals surface area contributed by atoms with Crippen LogP contribution in [0.5, 0.6) is 5.75 Å². The fraction of sp³-hybridized carbons (Fsp3) is 0.333. The summed E-state index contributed by atoms with van der Waals surface area (Å²) in [4.78, 5) is 23.2. The third-order valence-electron chi connectivity index (χ3n) is 1.90. The number of hydrogen-bond donors (Lipinski definition) is 2. The second-order valence-corrected chi connectivity index (χ2v) is 3.32. The van der Waals surface area contributed by atoms with Crippen LogP contribution in [0.15, 0.2) is 10.9 Å². The molecule has 0 aliphatic carbocycles. The number of alkyl halides is 5. The molecule has 1 heterocycles. The Kier molecular flexibility index (Phi) is 4.12. The normalized spacial score (nSPS) is 11.7. The molecular formula is C9H6F5NO4. The van der Waals surface area contributed by atoms with E-state index < -0.39 is 47.7 Å². The number of carboxylic acids is 1. The predicted molar refractivity (Wildman–Crippen MR) is 50.0 cm³/mol. The average molecular weight is 287 g/mol. The molecule has 0 atom stereocenters. The first kappa shape index (κ1) is 14.9. The Labute approximate surface area is 101 Å². The number of carbonyl (C=O) groups is 1. The highest BCUT2D eigenvalue weighted by Gasteiger charge is 2.33. The van der Waals surface area contributed by atoms with Crippen molar-refractivity contribution in [2.75, 3.05) is 0 Å². The molecular weight excluding hydrogens is 281 g/mol. The molecule has 0 radical (unpaired) electrons. The van der Waals surface area contributed by atoms with Crippen molar-refractivity contribution in [3.63, 3.8) is 0 Å². The number of aromatic amines is 1. The van der Waals surface area contributed by atoms with Crippen molar-refractivity contribution in [3.05, 3.63) is 27.7 Å². The van der Waals surface area contributed by atoms with E-state index >= 15 is 0 Å². The molecule has 1 aromatic rings. The molecule has 0 amide bonds. The van der Waals surface area contributed by atoms with Gasteiger partial charge in [0.1, 0.15) is 5.75 Å². The Morgan fingerprint density at radius 2 is 2.00 bits per heavy atom. The average Bonchev–Trinajstić information content (AvgIpc) is 2.18. The van der Waals surface area contributed by atoms with Gasteiger partial charge >= 0.3 is 12.3 Å². The molecule has 5 nitrogen and oxygen atoms in total. The third kappa shape index (κ3) is 4.23. The maximum absolute atomic E-state index is 12.4. The Balaban J connectivity index is 3.32. The SMILES string of the molecule is O=C(O)Cc1[nH]c(=O)c(C(F)F)cc1OC(F)(F)F. The van der Waals surface area contributed by atoms with Gasteiger partial charge in [-0.2, -0.15) is 0 Å². The summed E-state index contributed by atoms with van der Waals surface area (Å²) in [5.74, 6) is -2.74. The van der Waals surface area contributed by atoms with Crippen LogP contribution in [0.3, 0.4) is 0 Å². The molecule has 0 bridgehead atoms. The van der Waals surface area contributed by atoms with E-state index in [0.29, 0.717) is 0 Å². The van der Waals surface area contributed by atoms with Gasteiger partial charge in [0.05, 0.1) is 17.7 Å². The van der Waals surface area contributed by atoms with Gasteiger partial charge in [-0.25, -0.2) is 8.78 Å². The number of rotatable bonds is 4. The Morgan fingerprint density at radius 1 is 1.42 bits per heavy atom. The molecule has 0 unspecified atom stereocenters. The molecule has 1 aromatic heterocycles. The monoisotopic (exact) mass is 287 g/mol. The Bertz CT molecular complexity index is 536. The number of hydrogen-bond acceptors (Lipinski definition) is 3.